The molecule has 0 saturated carbocycles. The minimum atomic E-state index is 0.180. The lowest BCUT2D eigenvalue weighted by molar-refractivity contribution is 0.304. The van der Waals surface area contributed by atoms with Crippen LogP contribution in [0.2, 0.25) is 0 Å². The van der Waals surface area contributed by atoms with Gasteiger partial charge < -0.3 is 10.5 Å². The summed E-state index contributed by atoms with van der Waals surface area (Å²) in [5.41, 5.74) is 9.38. The number of benzene rings is 2. The van der Waals surface area contributed by atoms with Crippen LogP contribution in [-0.4, -0.2) is 0 Å². The molecule has 0 heterocycles. The molecule has 2 nitrogen and oxygen atoms in total. The van der Waals surface area contributed by atoms with Gasteiger partial charge in [0.1, 0.15) is 12.4 Å². The van der Waals surface area contributed by atoms with Crippen LogP contribution in [0, 0.1) is 0 Å². The van der Waals surface area contributed by atoms with E-state index in [1.807, 2.05) is 18.2 Å². The zero-order valence-corrected chi connectivity index (χ0v) is 15.1. The Kier molecular flexibility index (Phi) is 5.65. The smallest absolute Gasteiger partial charge is 0.134 e. The van der Waals surface area contributed by atoms with E-state index in [1.165, 1.54) is 5.56 Å². The quantitative estimate of drug-likeness (QED) is 0.769. The molecule has 0 atom stereocenters. The Hall–Kier alpha value is -1.32. The number of ether oxygens (including phenoxy) is 1. The van der Waals surface area contributed by atoms with Crippen molar-refractivity contribution >= 4 is 15.9 Å². The van der Waals surface area contributed by atoms with E-state index >= 15 is 0 Å². The molecule has 0 aliphatic heterocycles. The van der Waals surface area contributed by atoms with Gasteiger partial charge in [-0.2, -0.15) is 0 Å². The van der Waals surface area contributed by atoms with E-state index in [1.54, 1.807) is 0 Å². The molecule has 3 heteroatoms. The van der Waals surface area contributed by atoms with Gasteiger partial charge in [-0.05, 0) is 56.6 Å². The Balaban J connectivity index is 2.07. The van der Waals surface area contributed by atoms with Gasteiger partial charge >= 0.3 is 0 Å². The average Bonchev–Trinajstić information content (AvgIpc) is 2.54. The largest absolute Gasteiger partial charge is 0.488 e. The van der Waals surface area contributed by atoms with Gasteiger partial charge in [-0.25, -0.2) is 0 Å². The van der Waals surface area contributed by atoms with E-state index in [0.29, 0.717) is 13.2 Å². The van der Waals surface area contributed by atoms with Crippen LogP contribution < -0.4 is 10.5 Å². The van der Waals surface area contributed by atoms with Crippen LogP contribution >= 0.6 is 15.9 Å². The van der Waals surface area contributed by atoms with Crippen LogP contribution in [0.3, 0.4) is 0 Å². The van der Waals surface area contributed by atoms with Gasteiger partial charge in [-0.15, -0.1) is 0 Å². The van der Waals surface area contributed by atoms with Gasteiger partial charge in [0.25, 0.3) is 0 Å². The first-order valence-corrected chi connectivity index (χ1v) is 8.46. The SMILES string of the molecule is CCC(C)(C)c1ccc(OCc2ccc(CN)cc2)c(Br)c1. The van der Waals surface area contributed by atoms with E-state index in [0.717, 1.165) is 27.8 Å². The standard InChI is InChI=1S/C19H24BrNO/c1-4-19(2,3)16-9-10-18(17(20)11-16)22-13-15-7-5-14(12-21)6-8-15/h5-11H,4,12-13,21H2,1-3H3. The Morgan fingerprint density at radius 2 is 1.68 bits per heavy atom. The van der Waals surface area contributed by atoms with Crippen molar-refractivity contribution in [1.29, 1.82) is 0 Å². The van der Waals surface area contributed by atoms with Crippen molar-refractivity contribution in [2.24, 2.45) is 5.73 Å². The summed E-state index contributed by atoms with van der Waals surface area (Å²) in [4.78, 5) is 0. The van der Waals surface area contributed by atoms with Crippen molar-refractivity contribution in [1.82, 2.24) is 0 Å². The van der Waals surface area contributed by atoms with Crippen molar-refractivity contribution in [3.05, 3.63) is 63.6 Å². The Labute approximate surface area is 141 Å². The molecule has 0 fully saturated rings. The lowest BCUT2D eigenvalue weighted by Crippen LogP contribution is -2.15. The lowest BCUT2D eigenvalue weighted by Gasteiger charge is -2.24. The van der Waals surface area contributed by atoms with Crippen molar-refractivity contribution in [3.8, 4) is 5.75 Å². The first-order valence-electron chi connectivity index (χ1n) is 7.67. The normalized spacial score (nSPS) is 11.5. The third-order valence-electron chi connectivity index (χ3n) is 4.25. The third kappa shape index (κ3) is 4.11. The first-order chi connectivity index (χ1) is 10.5. The fourth-order valence-corrected chi connectivity index (χ4v) is 2.67. The lowest BCUT2D eigenvalue weighted by atomic mass is 9.82. The second-order valence-electron chi connectivity index (χ2n) is 6.19. The van der Waals surface area contributed by atoms with Crippen molar-refractivity contribution < 1.29 is 4.74 Å². The molecule has 0 unspecified atom stereocenters. The van der Waals surface area contributed by atoms with Crippen LogP contribution in [-0.2, 0) is 18.6 Å². The van der Waals surface area contributed by atoms with Crippen molar-refractivity contribution in [2.75, 3.05) is 0 Å². The van der Waals surface area contributed by atoms with Gasteiger partial charge in [0, 0.05) is 6.54 Å². The number of halogens is 1. The van der Waals surface area contributed by atoms with E-state index in [9.17, 15) is 0 Å². The molecule has 0 saturated heterocycles. The van der Waals surface area contributed by atoms with Crippen molar-refractivity contribution in [3.63, 3.8) is 0 Å². The van der Waals surface area contributed by atoms with Crippen LogP contribution in [0.15, 0.2) is 46.9 Å². The fraction of sp³-hybridized carbons (Fsp3) is 0.368. The highest BCUT2D eigenvalue weighted by Gasteiger charge is 2.19. The number of nitrogens with two attached hydrogens (primary N) is 1. The fourth-order valence-electron chi connectivity index (χ4n) is 2.18. The zero-order chi connectivity index (χ0) is 16.2. The van der Waals surface area contributed by atoms with E-state index in [-0.39, 0.29) is 5.41 Å². The van der Waals surface area contributed by atoms with Gasteiger partial charge in [-0.3, -0.25) is 0 Å². The number of hydrogen-bond acceptors (Lipinski definition) is 2. The molecule has 0 spiro atoms. The van der Waals surface area contributed by atoms with Crippen LogP contribution in [0.5, 0.6) is 5.75 Å². The summed E-state index contributed by atoms with van der Waals surface area (Å²) in [6.07, 6.45) is 1.10. The Bertz CT molecular complexity index is 620. The molecular weight excluding hydrogens is 338 g/mol. The number of rotatable bonds is 6. The molecule has 2 N–H and O–H groups in total. The first kappa shape index (κ1) is 17.0. The molecule has 2 rings (SSSR count). The van der Waals surface area contributed by atoms with E-state index in [2.05, 4.69) is 61.0 Å². The minimum Gasteiger partial charge on any atom is -0.488 e. The second kappa shape index (κ2) is 7.30. The molecule has 0 aliphatic carbocycles. The van der Waals surface area contributed by atoms with Crippen LogP contribution in [0.1, 0.15) is 43.9 Å². The van der Waals surface area contributed by atoms with Crippen LogP contribution in [0.25, 0.3) is 0 Å². The highest BCUT2D eigenvalue weighted by molar-refractivity contribution is 9.10. The zero-order valence-electron chi connectivity index (χ0n) is 13.5. The summed E-state index contributed by atoms with van der Waals surface area (Å²) in [5, 5.41) is 0. The predicted octanol–water partition coefficient (Wildman–Crippen LogP) is 5.17. The summed E-state index contributed by atoms with van der Waals surface area (Å²) in [5.74, 6) is 0.874. The maximum absolute atomic E-state index is 5.92. The Morgan fingerprint density at radius 1 is 1.05 bits per heavy atom. The maximum atomic E-state index is 5.92. The molecule has 2 aromatic rings. The van der Waals surface area contributed by atoms with Gasteiger partial charge in [0.2, 0.25) is 0 Å². The highest BCUT2D eigenvalue weighted by Crippen LogP contribution is 2.33. The summed E-state index contributed by atoms with van der Waals surface area (Å²) >= 11 is 3.62. The van der Waals surface area contributed by atoms with E-state index < -0.39 is 0 Å². The van der Waals surface area contributed by atoms with Crippen LogP contribution in [0.4, 0.5) is 0 Å². The molecule has 0 aromatic heterocycles. The monoisotopic (exact) mass is 361 g/mol. The topological polar surface area (TPSA) is 35.2 Å². The minimum absolute atomic E-state index is 0.180. The van der Waals surface area contributed by atoms with Crippen molar-refractivity contribution in [2.45, 2.75) is 45.8 Å². The molecule has 0 bridgehead atoms. The summed E-state index contributed by atoms with van der Waals surface area (Å²) < 4.78 is 6.92. The average molecular weight is 362 g/mol. The summed E-state index contributed by atoms with van der Waals surface area (Å²) in [7, 11) is 0. The second-order valence-corrected chi connectivity index (χ2v) is 7.05. The molecule has 118 valence electrons. The molecule has 0 amide bonds. The van der Waals surface area contributed by atoms with E-state index in [4.69, 9.17) is 10.5 Å². The van der Waals surface area contributed by atoms with Gasteiger partial charge in [-0.1, -0.05) is 51.1 Å². The molecule has 0 radical (unpaired) electrons. The summed E-state index contributed by atoms with van der Waals surface area (Å²) in [6.45, 7) is 7.85. The summed E-state index contributed by atoms with van der Waals surface area (Å²) in [6, 6.07) is 14.6. The predicted molar refractivity (Wildman–Crippen MR) is 96.1 cm³/mol. The Morgan fingerprint density at radius 3 is 2.23 bits per heavy atom. The highest BCUT2D eigenvalue weighted by atomic mass is 79.9. The molecule has 0 aliphatic rings. The maximum Gasteiger partial charge on any atom is 0.134 e. The molecule has 22 heavy (non-hydrogen) atoms. The van der Waals surface area contributed by atoms with Gasteiger partial charge in [0.05, 0.1) is 4.47 Å². The number of hydrogen-bond donors (Lipinski definition) is 1. The molecular formula is C19H24BrNO. The van der Waals surface area contributed by atoms with Gasteiger partial charge in [0.15, 0.2) is 0 Å². The third-order valence-corrected chi connectivity index (χ3v) is 4.87. The molecule has 2 aromatic carbocycles.